The lowest BCUT2D eigenvalue weighted by Gasteiger charge is -2.12. The van der Waals surface area contributed by atoms with Gasteiger partial charge in [0.2, 0.25) is 5.43 Å². The van der Waals surface area contributed by atoms with Gasteiger partial charge in [0.15, 0.2) is 0 Å². The summed E-state index contributed by atoms with van der Waals surface area (Å²) in [5.74, 6) is -0.492. The standard InChI is InChI=1S/C19H16Cl2N2O2/c1-3-23-10-16(18(24)15-6-11(2)4-5-17(15)23)19(25)22-14-8-12(20)7-13(21)9-14/h4-10H,3H2,1-2H3,(H,22,25). The molecule has 1 N–H and O–H groups in total. The molecule has 3 rings (SSSR count). The number of carbonyl (C=O) groups excluding carboxylic acids is 1. The zero-order valence-electron chi connectivity index (χ0n) is 13.8. The van der Waals surface area contributed by atoms with Gasteiger partial charge < -0.3 is 9.88 Å². The highest BCUT2D eigenvalue weighted by molar-refractivity contribution is 6.35. The Morgan fingerprint density at radius 3 is 2.44 bits per heavy atom. The van der Waals surface area contributed by atoms with E-state index < -0.39 is 5.91 Å². The maximum Gasteiger partial charge on any atom is 0.261 e. The van der Waals surface area contributed by atoms with Crippen molar-refractivity contribution in [3.05, 3.63) is 74.0 Å². The van der Waals surface area contributed by atoms with Crippen LogP contribution in [0.15, 0.2) is 47.4 Å². The molecule has 0 saturated heterocycles. The van der Waals surface area contributed by atoms with Crippen molar-refractivity contribution in [3.63, 3.8) is 0 Å². The summed E-state index contributed by atoms with van der Waals surface area (Å²) >= 11 is 11.9. The first kappa shape index (κ1) is 17.5. The number of hydrogen-bond acceptors (Lipinski definition) is 2. The van der Waals surface area contributed by atoms with E-state index >= 15 is 0 Å². The molecule has 3 aromatic rings. The van der Waals surface area contributed by atoms with E-state index in [0.29, 0.717) is 27.7 Å². The van der Waals surface area contributed by atoms with Crippen LogP contribution in [0.5, 0.6) is 0 Å². The monoisotopic (exact) mass is 374 g/mol. The number of amides is 1. The van der Waals surface area contributed by atoms with Gasteiger partial charge in [-0.1, -0.05) is 34.8 Å². The Labute approximate surface area is 155 Å². The Bertz CT molecular complexity index is 1020. The van der Waals surface area contributed by atoms with E-state index in [2.05, 4.69) is 5.32 Å². The number of aromatic nitrogens is 1. The van der Waals surface area contributed by atoms with Crippen LogP contribution in [0.4, 0.5) is 5.69 Å². The fraction of sp³-hybridized carbons (Fsp3) is 0.158. The number of anilines is 1. The molecule has 128 valence electrons. The number of benzene rings is 2. The Morgan fingerprint density at radius 2 is 1.80 bits per heavy atom. The molecule has 0 saturated carbocycles. The van der Waals surface area contributed by atoms with E-state index in [-0.39, 0.29) is 11.0 Å². The summed E-state index contributed by atoms with van der Waals surface area (Å²) in [6.45, 7) is 4.52. The van der Waals surface area contributed by atoms with Crippen molar-refractivity contribution in [2.75, 3.05) is 5.32 Å². The molecule has 6 heteroatoms. The van der Waals surface area contributed by atoms with Crippen molar-refractivity contribution in [3.8, 4) is 0 Å². The van der Waals surface area contributed by atoms with Gasteiger partial charge in [-0.25, -0.2) is 0 Å². The predicted octanol–water partition coefficient (Wildman–Crippen LogP) is 4.89. The molecular weight excluding hydrogens is 359 g/mol. The van der Waals surface area contributed by atoms with E-state index in [4.69, 9.17) is 23.2 Å². The first-order valence-electron chi connectivity index (χ1n) is 7.80. The molecule has 0 aliphatic rings. The fourth-order valence-electron chi connectivity index (χ4n) is 2.76. The number of pyridine rings is 1. The van der Waals surface area contributed by atoms with Crippen LogP contribution in [0.1, 0.15) is 22.8 Å². The molecule has 0 atom stereocenters. The van der Waals surface area contributed by atoms with Crippen LogP contribution < -0.4 is 10.7 Å². The molecule has 0 aliphatic carbocycles. The first-order valence-corrected chi connectivity index (χ1v) is 8.56. The zero-order valence-corrected chi connectivity index (χ0v) is 15.3. The second-order valence-electron chi connectivity index (χ2n) is 5.79. The highest BCUT2D eigenvalue weighted by Gasteiger charge is 2.16. The van der Waals surface area contributed by atoms with Crippen LogP contribution in [0.2, 0.25) is 10.0 Å². The van der Waals surface area contributed by atoms with Crippen LogP contribution in [0.3, 0.4) is 0 Å². The molecule has 0 radical (unpaired) electrons. The lowest BCUT2D eigenvalue weighted by molar-refractivity contribution is 0.102. The minimum atomic E-state index is -0.492. The van der Waals surface area contributed by atoms with E-state index in [1.54, 1.807) is 30.5 Å². The van der Waals surface area contributed by atoms with Crippen LogP contribution >= 0.6 is 23.2 Å². The van der Waals surface area contributed by atoms with Crippen molar-refractivity contribution in [2.24, 2.45) is 0 Å². The second kappa shape index (κ2) is 6.90. The van der Waals surface area contributed by atoms with Crippen molar-refractivity contribution in [1.29, 1.82) is 0 Å². The summed E-state index contributed by atoms with van der Waals surface area (Å²) in [7, 11) is 0. The Morgan fingerprint density at radius 1 is 1.12 bits per heavy atom. The van der Waals surface area contributed by atoms with Crippen LogP contribution in [-0.2, 0) is 6.54 Å². The number of rotatable bonds is 3. The smallest absolute Gasteiger partial charge is 0.261 e. The molecule has 0 bridgehead atoms. The molecule has 25 heavy (non-hydrogen) atoms. The summed E-state index contributed by atoms with van der Waals surface area (Å²) < 4.78 is 1.88. The van der Waals surface area contributed by atoms with Crippen molar-refractivity contribution in [1.82, 2.24) is 4.57 Å². The largest absolute Gasteiger partial charge is 0.347 e. The van der Waals surface area contributed by atoms with Crippen LogP contribution in [-0.4, -0.2) is 10.5 Å². The summed E-state index contributed by atoms with van der Waals surface area (Å²) in [4.78, 5) is 25.4. The van der Waals surface area contributed by atoms with Crippen molar-refractivity contribution in [2.45, 2.75) is 20.4 Å². The molecule has 2 aromatic carbocycles. The molecule has 1 heterocycles. The minimum absolute atomic E-state index is 0.0797. The maximum atomic E-state index is 12.8. The number of fused-ring (bicyclic) bond motifs is 1. The molecule has 4 nitrogen and oxygen atoms in total. The van der Waals surface area contributed by atoms with Gasteiger partial charge in [0, 0.05) is 33.9 Å². The van der Waals surface area contributed by atoms with Gasteiger partial charge in [-0.05, 0) is 44.2 Å². The Hall–Kier alpha value is -2.30. The normalized spacial score (nSPS) is 10.9. The molecule has 0 fully saturated rings. The number of nitrogens with one attached hydrogen (secondary N) is 1. The number of carbonyl (C=O) groups is 1. The SMILES string of the molecule is CCn1cc(C(=O)Nc2cc(Cl)cc(Cl)c2)c(=O)c2cc(C)ccc21. The van der Waals surface area contributed by atoms with E-state index in [0.717, 1.165) is 11.1 Å². The molecule has 1 amide bonds. The first-order chi connectivity index (χ1) is 11.9. The second-order valence-corrected chi connectivity index (χ2v) is 6.66. The molecule has 1 aromatic heterocycles. The average molecular weight is 375 g/mol. The van der Waals surface area contributed by atoms with Gasteiger partial charge >= 0.3 is 0 Å². The van der Waals surface area contributed by atoms with Gasteiger partial charge in [0.05, 0.1) is 5.52 Å². The lowest BCUT2D eigenvalue weighted by Crippen LogP contribution is -2.24. The van der Waals surface area contributed by atoms with Crippen molar-refractivity contribution >= 4 is 45.7 Å². The zero-order chi connectivity index (χ0) is 18.1. The van der Waals surface area contributed by atoms with E-state index in [1.165, 1.54) is 0 Å². The third kappa shape index (κ3) is 3.55. The summed E-state index contributed by atoms with van der Waals surface area (Å²) in [5, 5.41) is 4.03. The quantitative estimate of drug-likeness (QED) is 0.709. The van der Waals surface area contributed by atoms with E-state index in [1.807, 2.05) is 30.5 Å². The number of hydrogen-bond donors (Lipinski definition) is 1. The fourth-order valence-corrected chi connectivity index (χ4v) is 3.29. The summed E-state index contributed by atoms with van der Waals surface area (Å²) in [5.41, 5.74) is 1.99. The predicted molar refractivity (Wildman–Crippen MR) is 103 cm³/mol. The topological polar surface area (TPSA) is 51.1 Å². The third-order valence-electron chi connectivity index (χ3n) is 3.94. The van der Waals surface area contributed by atoms with Gasteiger partial charge in [0.1, 0.15) is 5.56 Å². The number of aryl methyl sites for hydroxylation is 2. The highest BCUT2D eigenvalue weighted by Crippen LogP contribution is 2.23. The average Bonchev–Trinajstić information content (AvgIpc) is 2.54. The maximum absolute atomic E-state index is 12.8. The number of nitrogens with zero attached hydrogens (tertiary/aromatic N) is 1. The van der Waals surface area contributed by atoms with E-state index in [9.17, 15) is 9.59 Å². The summed E-state index contributed by atoms with van der Waals surface area (Å²) in [6, 6.07) is 10.4. The van der Waals surface area contributed by atoms with Crippen molar-refractivity contribution < 1.29 is 4.79 Å². The molecule has 0 spiro atoms. The Balaban J connectivity index is 2.09. The Kier molecular flexibility index (Phi) is 4.84. The molecule has 0 aliphatic heterocycles. The lowest BCUT2D eigenvalue weighted by atomic mass is 10.1. The van der Waals surface area contributed by atoms with Gasteiger partial charge in [-0.3, -0.25) is 9.59 Å². The summed E-state index contributed by atoms with van der Waals surface area (Å²) in [6.07, 6.45) is 1.58. The van der Waals surface area contributed by atoms with Crippen LogP contribution in [0, 0.1) is 6.92 Å². The molecule has 0 unspecified atom stereocenters. The third-order valence-corrected chi connectivity index (χ3v) is 4.38. The van der Waals surface area contributed by atoms with Gasteiger partial charge in [0.25, 0.3) is 5.91 Å². The van der Waals surface area contributed by atoms with Gasteiger partial charge in [-0.15, -0.1) is 0 Å². The number of halogens is 2. The molecular formula is C19H16Cl2N2O2. The highest BCUT2D eigenvalue weighted by atomic mass is 35.5. The minimum Gasteiger partial charge on any atom is -0.347 e. The van der Waals surface area contributed by atoms with Gasteiger partial charge in [-0.2, -0.15) is 0 Å². The van der Waals surface area contributed by atoms with Crippen LogP contribution in [0.25, 0.3) is 10.9 Å².